The van der Waals surface area contributed by atoms with Crippen molar-refractivity contribution in [3.8, 4) is 0 Å². The van der Waals surface area contributed by atoms with E-state index < -0.39 is 51.8 Å². The summed E-state index contributed by atoms with van der Waals surface area (Å²) in [4.78, 5) is 34.9. The molecule has 0 spiro atoms. The molecule has 0 aliphatic heterocycles. The number of esters is 2. The van der Waals surface area contributed by atoms with Gasteiger partial charge in [-0.05, 0) is 70.6 Å². The largest absolute Gasteiger partial charge is 0.472 e. The van der Waals surface area contributed by atoms with E-state index in [1.807, 2.05) is 6.08 Å². The summed E-state index contributed by atoms with van der Waals surface area (Å²) >= 11 is 0. The zero-order chi connectivity index (χ0) is 40.5. The van der Waals surface area contributed by atoms with E-state index in [1.165, 1.54) is 89.9 Å². The van der Waals surface area contributed by atoms with Gasteiger partial charge in [-0.15, -0.1) is 0 Å². The third kappa shape index (κ3) is 39.9. The summed E-state index contributed by atoms with van der Waals surface area (Å²) < 4.78 is 32.6. The zero-order valence-corrected chi connectivity index (χ0v) is 35.5. The summed E-state index contributed by atoms with van der Waals surface area (Å²) in [6.07, 6.45) is 42.2. The monoisotopic (exact) mass is 799 g/mol. The quantitative estimate of drug-likeness (QED) is 0.0237. The molecule has 320 valence electrons. The Hall–Kier alpha value is -2.07. The smallest absolute Gasteiger partial charge is 0.462 e. The van der Waals surface area contributed by atoms with Gasteiger partial charge in [-0.25, -0.2) is 4.57 Å². The second kappa shape index (κ2) is 40.1. The van der Waals surface area contributed by atoms with Crippen molar-refractivity contribution in [2.45, 2.75) is 193 Å². The average molecular weight is 799 g/mol. The van der Waals surface area contributed by atoms with E-state index in [-0.39, 0.29) is 19.4 Å². The van der Waals surface area contributed by atoms with E-state index in [0.29, 0.717) is 19.3 Å². The Labute approximate surface area is 334 Å². The predicted octanol–water partition coefficient (Wildman–Crippen LogP) is 11.3. The van der Waals surface area contributed by atoms with Crippen LogP contribution in [0, 0.1) is 0 Å². The lowest BCUT2D eigenvalue weighted by Crippen LogP contribution is -2.29. The topological polar surface area (TPSA) is 149 Å². The van der Waals surface area contributed by atoms with Crippen LogP contribution >= 0.6 is 7.82 Å². The number of phosphoric acid groups is 1. The van der Waals surface area contributed by atoms with E-state index >= 15 is 0 Å². The molecule has 0 heterocycles. The van der Waals surface area contributed by atoms with Gasteiger partial charge in [-0.2, -0.15) is 0 Å². The van der Waals surface area contributed by atoms with Crippen LogP contribution in [-0.2, 0) is 32.7 Å². The van der Waals surface area contributed by atoms with E-state index in [4.69, 9.17) is 19.1 Å². The molecule has 0 radical (unpaired) electrons. The van der Waals surface area contributed by atoms with Crippen LogP contribution < -0.4 is 0 Å². The standard InChI is InChI=1S/C44H79O10P/c1-3-5-7-9-11-13-15-17-19-20-22-24-26-28-30-32-34-36-44(48)54-42(40-53-55(49,50)52-38-41(46)37-45)39-51-43(47)35-33-31-29-27-25-23-21-18-16-14-12-10-8-6-4-2/h14,16-17,19,22,24,28,30,41-42,45-46H,3-13,15,18,20-21,23,25-27,29,31-40H2,1-2H3,(H,49,50). The number of hydrogen-bond acceptors (Lipinski definition) is 9. The van der Waals surface area contributed by atoms with E-state index in [9.17, 15) is 24.2 Å². The highest BCUT2D eigenvalue weighted by Gasteiger charge is 2.27. The van der Waals surface area contributed by atoms with Crippen molar-refractivity contribution in [3.63, 3.8) is 0 Å². The molecule has 0 aliphatic carbocycles. The van der Waals surface area contributed by atoms with Crippen LogP contribution in [0.1, 0.15) is 181 Å². The fourth-order valence-corrected chi connectivity index (χ4v) is 6.38. The third-order valence-electron chi connectivity index (χ3n) is 8.96. The Balaban J connectivity index is 4.40. The van der Waals surface area contributed by atoms with Gasteiger partial charge >= 0.3 is 19.8 Å². The highest BCUT2D eigenvalue weighted by atomic mass is 31.2. The summed E-state index contributed by atoms with van der Waals surface area (Å²) in [6, 6.07) is 0. The number of hydrogen-bond donors (Lipinski definition) is 3. The number of aliphatic hydroxyl groups excluding tert-OH is 2. The van der Waals surface area contributed by atoms with Crippen LogP contribution in [0.15, 0.2) is 48.6 Å². The Morgan fingerprint density at radius 1 is 0.545 bits per heavy atom. The molecule has 0 saturated carbocycles. The van der Waals surface area contributed by atoms with Crippen LogP contribution in [0.5, 0.6) is 0 Å². The normalized spacial score (nSPS) is 14.3. The van der Waals surface area contributed by atoms with Crippen molar-refractivity contribution in [2.24, 2.45) is 0 Å². The Bertz CT molecular complexity index is 1060. The maximum atomic E-state index is 12.6. The minimum atomic E-state index is -4.63. The Kier molecular flexibility index (Phi) is 38.6. The molecule has 0 bridgehead atoms. The Morgan fingerprint density at radius 3 is 1.51 bits per heavy atom. The SMILES string of the molecule is CCCCCCC=CCCCCCCCCCC(=O)OCC(COP(=O)(O)OCC(O)CO)OC(=O)CCCC=CCC=CCC=CCCCCCCCC. The zero-order valence-electron chi connectivity index (χ0n) is 34.6. The second-order valence-corrected chi connectivity index (χ2v) is 15.8. The molecule has 0 rings (SSSR count). The van der Waals surface area contributed by atoms with Gasteiger partial charge in [0, 0.05) is 12.8 Å². The lowest BCUT2D eigenvalue weighted by molar-refractivity contribution is -0.161. The van der Waals surface area contributed by atoms with Gasteiger partial charge in [-0.1, -0.05) is 146 Å². The fourth-order valence-electron chi connectivity index (χ4n) is 5.59. The predicted molar refractivity (Wildman–Crippen MR) is 224 cm³/mol. The number of carbonyl (C=O) groups is 2. The first-order valence-electron chi connectivity index (χ1n) is 21.6. The molecule has 0 aromatic heterocycles. The van der Waals surface area contributed by atoms with Crippen molar-refractivity contribution in [1.82, 2.24) is 0 Å². The minimum absolute atomic E-state index is 0.111. The molecule has 0 aromatic carbocycles. The summed E-state index contributed by atoms with van der Waals surface area (Å²) in [7, 11) is -4.63. The molecule has 0 aromatic rings. The van der Waals surface area contributed by atoms with Crippen molar-refractivity contribution >= 4 is 19.8 Å². The number of carbonyl (C=O) groups excluding carboxylic acids is 2. The van der Waals surface area contributed by atoms with E-state index in [0.717, 1.165) is 44.9 Å². The molecule has 0 fully saturated rings. The number of unbranched alkanes of at least 4 members (excludes halogenated alkanes) is 18. The van der Waals surface area contributed by atoms with Crippen LogP contribution in [-0.4, -0.2) is 65.7 Å². The number of rotatable bonds is 40. The van der Waals surface area contributed by atoms with Gasteiger partial charge < -0.3 is 24.6 Å². The van der Waals surface area contributed by atoms with E-state index in [1.54, 1.807) is 0 Å². The van der Waals surface area contributed by atoms with Gasteiger partial charge in [-0.3, -0.25) is 18.6 Å². The molecule has 10 nitrogen and oxygen atoms in total. The van der Waals surface area contributed by atoms with Crippen LogP contribution in [0.3, 0.4) is 0 Å². The van der Waals surface area contributed by atoms with Gasteiger partial charge in [0.2, 0.25) is 0 Å². The molecule has 3 atom stereocenters. The molecule has 3 N–H and O–H groups in total. The van der Waals surface area contributed by atoms with Gasteiger partial charge in [0.1, 0.15) is 12.7 Å². The highest BCUT2D eigenvalue weighted by Crippen LogP contribution is 2.43. The second-order valence-electron chi connectivity index (χ2n) is 14.4. The summed E-state index contributed by atoms with van der Waals surface area (Å²) in [5.74, 6) is -0.992. The minimum Gasteiger partial charge on any atom is -0.462 e. The molecule has 0 amide bonds. The lowest BCUT2D eigenvalue weighted by Gasteiger charge is -2.20. The summed E-state index contributed by atoms with van der Waals surface area (Å²) in [5, 5.41) is 18.3. The molecular formula is C44H79O10P. The molecule has 55 heavy (non-hydrogen) atoms. The van der Waals surface area contributed by atoms with Crippen molar-refractivity contribution < 1.29 is 47.8 Å². The lowest BCUT2D eigenvalue weighted by atomic mass is 10.1. The average Bonchev–Trinajstić information content (AvgIpc) is 3.17. The third-order valence-corrected chi connectivity index (χ3v) is 9.91. The Morgan fingerprint density at radius 2 is 0.964 bits per heavy atom. The number of allylic oxidation sites excluding steroid dienone is 8. The number of aliphatic hydroxyl groups is 2. The maximum absolute atomic E-state index is 12.6. The van der Waals surface area contributed by atoms with Crippen molar-refractivity contribution in [3.05, 3.63) is 48.6 Å². The van der Waals surface area contributed by atoms with Crippen molar-refractivity contribution in [2.75, 3.05) is 26.4 Å². The highest BCUT2D eigenvalue weighted by molar-refractivity contribution is 7.47. The molecule has 0 saturated heterocycles. The van der Waals surface area contributed by atoms with Crippen LogP contribution in [0.25, 0.3) is 0 Å². The number of phosphoric ester groups is 1. The fraction of sp³-hybridized carbons (Fsp3) is 0.773. The molecular weight excluding hydrogens is 719 g/mol. The molecule has 0 aliphatic rings. The number of ether oxygens (including phenoxy) is 2. The van der Waals surface area contributed by atoms with E-state index in [2.05, 4.69) is 60.9 Å². The van der Waals surface area contributed by atoms with Gasteiger partial charge in [0.15, 0.2) is 6.10 Å². The first kappa shape index (κ1) is 52.9. The summed E-state index contributed by atoms with van der Waals surface area (Å²) in [6.45, 7) is 2.30. The maximum Gasteiger partial charge on any atom is 0.472 e. The molecule has 11 heteroatoms. The summed E-state index contributed by atoms with van der Waals surface area (Å²) in [5.41, 5.74) is 0. The van der Waals surface area contributed by atoms with Crippen molar-refractivity contribution in [1.29, 1.82) is 0 Å². The first-order chi connectivity index (χ1) is 26.7. The van der Waals surface area contributed by atoms with Crippen LogP contribution in [0.2, 0.25) is 0 Å². The van der Waals surface area contributed by atoms with Crippen LogP contribution in [0.4, 0.5) is 0 Å². The van der Waals surface area contributed by atoms with Gasteiger partial charge in [0.25, 0.3) is 0 Å². The van der Waals surface area contributed by atoms with Gasteiger partial charge in [0.05, 0.1) is 19.8 Å². The first-order valence-corrected chi connectivity index (χ1v) is 23.1. The molecule has 3 unspecified atom stereocenters.